The Bertz CT molecular complexity index is 772. The molecule has 1 aliphatic heterocycles. The monoisotopic (exact) mass is 409 g/mol. The zero-order chi connectivity index (χ0) is 20.1. The Kier molecular flexibility index (Phi) is 7.13. The maximum absolute atomic E-state index is 14.2. The normalized spacial score (nSPS) is 26.9. The SMILES string of the molecule is CCCCC1CCC(C(=O)N(Cc2ccccc2F)[C@H]2CCS(=O)(=O)C2)CC1. The molecule has 1 saturated carbocycles. The van der Waals surface area contributed by atoms with Gasteiger partial charge >= 0.3 is 0 Å². The number of unbranched alkanes of at least 4 members (excludes halogenated alkanes) is 1. The summed E-state index contributed by atoms with van der Waals surface area (Å²) in [5, 5.41) is 0. The summed E-state index contributed by atoms with van der Waals surface area (Å²) in [5.41, 5.74) is 0.455. The zero-order valence-corrected chi connectivity index (χ0v) is 17.6. The van der Waals surface area contributed by atoms with Crippen molar-refractivity contribution in [3.05, 3.63) is 35.6 Å². The maximum Gasteiger partial charge on any atom is 0.226 e. The van der Waals surface area contributed by atoms with Gasteiger partial charge in [-0.25, -0.2) is 12.8 Å². The molecule has 0 unspecified atom stereocenters. The Labute approximate surface area is 168 Å². The molecular weight excluding hydrogens is 377 g/mol. The van der Waals surface area contributed by atoms with Crippen LogP contribution in [0.4, 0.5) is 4.39 Å². The highest BCUT2D eigenvalue weighted by Crippen LogP contribution is 2.34. The highest BCUT2D eigenvalue weighted by molar-refractivity contribution is 7.91. The number of hydrogen-bond donors (Lipinski definition) is 0. The molecule has 6 heteroatoms. The maximum atomic E-state index is 14.2. The summed E-state index contributed by atoms with van der Waals surface area (Å²) >= 11 is 0. The summed E-state index contributed by atoms with van der Waals surface area (Å²) in [5.74, 6) is 0.425. The summed E-state index contributed by atoms with van der Waals surface area (Å²) in [4.78, 5) is 15.0. The second-order valence-corrected chi connectivity index (χ2v) is 10.7. The van der Waals surface area contributed by atoms with Crippen molar-refractivity contribution in [2.24, 2.45) is 11.8 Å². The lowest BCUT2D eigenvalue weighted by atomic mass is 9.79. The quantitative estimate of drug-likeness (QED) is 0.673. The fourth-order valence-electron chi connectivity index (χ4n) is 4.64. The van der Waals surface area contributed by atoms with Gasteiger partial charge in [-0.05, 0) is 44.1 Å². The third-order valence-corrected chi connectivity index (χ3v) is 8.14. The summed E-state index contributed by atoms with van der Waals surface area (Å²) in [7, 11) is -3.11. The zero-order valence-electron chi connectivity index (χ0n) is 16.8. The number of carbonyl (C=O) groups excluding carboxylic acids is 1. The first kappa shape index (κ1) is 21.3. The van der Waals surface area contributed by atoms with Crippen LogP contribution in [0.25, 0.3) is 0 Å². The van der Waals surface area contributed by atoms with E-state index in [9.17, 15) is 17.6 Å². The van der Waals surface area contributed by atoms with E-state index in [1.54, 1.807) is 23.1 Å². The van der Waals surface area contributed by atoms with Crippen molar-refractivity contribution in [2.75, 3.05) is 11.5 Å². The number of hydrogen-bond acceptors (Lipinski definition) is 3. The van der Waals surface area contributed by atoms with Gasteiger partial charge in [0.2, 0.25) is 5.91 Å². The summed E-state index contributed by atoms with van der Waals surface area (Å²) < 4.78 is 38.2. The highest BCUT2D eigenvalue weighted by atomic mass is 32.2. The van der Waals surface area contributed by atoms with Crippen molar-refractivity contribution in [1.29, 1.82) is 0 Å². The van der Waals surface area contributed by atoms with E-state index < -0.39 is 9.84 Å². The van der Waals surface area contributed by atoms with E-state index in [1.165, 1.54) is 25.3 Å². The topological polar surface area (TPSA) is 54.5 Å². The predicted molar refractivity (Wildman–Crippen MR) is 109 cm³/mol. The van der Waals surface area contributed by atoms with Crippen LogP contribution >= 0.6 is 0 Å². The smallest absolute Gasteiger partial charge is 0.226 e. The van der Waals surface area contributed by atoms with Crippen LogP contribution in [0.2, 0.25) is 0 Å². The molecule has 156 valence electrons. The van der Waals surface area contributed by atoms with E-state index in [-0.39, 0.29) is 41.7 Å². The third-order valence-electron chi connectivity index (χ3n) is 6.39. The molecule has 0 radical (unpaired) electrons. The van der Waals surface area contributed by atoms with Crippen LogP contribution in [0, 0.1) is 17.7 Å². The summed E-state index contributed by atoms with van der Waals surface area (Å²) in [6.07, 6.45) is 7.97. The average Bonchev–Trinajstić information content (AvgIpc) is 3.05. The van der Waals surface area contributed by atoms with E-state index in [0.29, 0.717) is 17.9 Å². The molecule has 2 aliphatic rings. The van der Waals surface area contributed by atoms with Crippen LogP contribution in [0.3, 0.4) is 0 Å². The van der Waals surface area contributed by atoms with Gasteiger partial charge in [-0.15, -0.1) is 0 Å². The lowest BCUT2D eigenvalue weighted by Gasteiger charge is -2.35. The standard InChI is InChI=1S/C22H32FNO3S/c1-2-3-6-17-9-11-18(12-10-17)22(25)24(20-13-14-28(26,27)16-20)15-19-7-4-5-8-21(19)23/h4-5,7-8,17-18,20H,2-3,6,9-16H2,1H3/t17?,18?,20-/m0/s1. The van der Waals surface area contributed by atoms with Crippen LogP contribution < -0.4 is 0 Å². The Morgan fingerprint density at radius 1 is 1.14 bits per heavy atom. The Morgan fingerprint density at radius 2 is 1.86 bits per heavy atom. The van der Waals surface area contributed by atoms with Crippen molar-refractivity contribution in [3.63, 3.8) is 0 Å². The van der Waals surface area contributed by atoms with Gasteiger partial charge < -0.3 is 4.90 Å². The number of benzene rings is 1. The number of amides is 1. The number of halogens is 1. The first-order valence-electron chi connectivity index (χ1n) is 10.6. The second kappa shape index (κ2) is 9.38. The largest absolute Gasteiger partial charge is 0.334 e. The summed E-state index contributed by atoms with van der Waals surface area (Å²) in [6.45, 7) is 2.35. The molecule has 1 heterocycles. The molecule has 0 bridgehead atoms. The molecular formula is C22H32FNO3S. The minimum atomic E-state index is -3.11. The molecule has 1 amide bonds. The molecule has 0 aromatic heterocycles. The Hall–Kier alpha value is -1.43. The van der Waals surface area contributed by atoms with Gasteiger partial charge in [0.15, 0.2) is 9.84 Å². The third kappa shape index (κ3) is 5.34. The average molecular weight is 410 g/mol. The molecule has 2 fully saturated rings. The minimum absolute atomic E-state index is 0.000955. The van der Waals surface area contributed by atoms with E-state index >= 15 is 0 Å². The van der Waals surface area contributed by atoms with Crippen molar-refractivity contribution in [2.45, 2.75) is 70.9 Å². The van der Waals surface area contributed by atoms with Crippen LogP contribution in [0.15, 0.2) is 24.3 Å². The van der Waals surface area contributed by atoms with Gasteiger partial charge in [-0.1, -0.05) is 44.4 Å². The molecule has 1 aliphatic carbocycles. The van der Waals surface area contributed by atoms with Crippen molar-refractivity contribution >= 4 is 15.7 Å². The van der Waals surface area contributed by atoms with E-state index in [2.05, 4.69) is 6.92 Å². The molecule has 1 aromatic carbocycles. The lowest BCUT2D eigenvalue weighted by molar-refractivity contribution is -0.139. The van der Waals surface area contributed by atoms with E-state index in [4.69, 9.17) is 0 Å². The molecule has 0 N–H and O–H groups in total. The Balaban J connectivity index is 1.71. The summed E-state index contributed by atoms with van der Waals surface area (Å²) in [6, 6.07) is 6.12. The second-order valence-electron chi connectivity index (χ2n) is 8.47. The van der Waals surface area contributed by atoms with Crippen LogP contribution in [-0.4, -0.2) is 36.8 Å². The van der Waals surface area contributed by atoms with Gasteiger partial charge in [-0.3, -0.25) is 4.79 Å². The highest BCUT2D eigenvalue weighted by Gasteiger charge is 2.38. The van der Waals surface area contributed by atoms with Crippen LogP contribution in [0.1, 0.15) is 63.9 Å². The molecule has 1 saturated heterocycles. The predicted octanol–water partition coefficient (Wildman–Crippen LogP) is 4.34. The number of rotatable bonds is 7. The molecule has 28 heavy (non-hydrogen) atoms. The molecule has 1 aromatic rings. The van der Waals surface area contributed by atoms with Gasteiger partial charge in [-0.2, -0.15) is 0 Å². The number of sulfone groups is 1. The van der Waals surface area contributed by atoms with Crippen molar-refractivity contribution in [3.8, 4) is 0 Å². The molecule has 3 rings (SSSR count). The molecule has 1 atom stereocenters. The number of carbonyl (C=O) groups is 1. The van der Waals surface area contributed by atoms with Gasteiger partial charge in [0.1, 0.15) is 5.82 Å². The van der Waals surface area contributed by atoms with Gasteiger partial charge in [0.05, 0.1) is 11.5 Å². The molecule has 0 spiro atoms. The van der Waals surface area contributed by atoms with E-state index in [0.717, 1.165) is 25.7 Å². The minimum Gasteiger partial charge on any atom is -0.334 e. The fourth-order valence-corrected chi connectivity index (χ4v) is 6.37. The van der Waals surface area contributed by atoms with Crippen molar-refractivity contribution in [1.82, 2.24) is 4.90 Å². The van der Waals surface area contributed by atoms with Crippen LogP contribution in [-0.2, 0) is 21.2 Å². The lowest BCUT2D eigenvalue weighted by Crippen LogP contribution is -2.44. The van der Waals surface area contributed by atoms with E-state index in [1.807, 2.05) is 0 Å². The van der Waals surface area contributed by atoms with Crippen molar-refractivity contribution < 1.29 is 17.6 Å². The first-order chi connectivity index (χ1) is 13.4. The van der Waals surface area contributed by atoms with Gasteiger partial charge in [0, 0.05) is 24.1 Å². The van der Waals surface area contributed by atoms with Gasteiger partial charge in [0.25, 0.3) is 0 Å². The first-order valence-corrected chi connectivity index (χ1v) is 12.5. The molecule has 4 nitrogen and oxygen atoms in total. The Morgan fingerprint density at radius 3 is 2.46 bits per heavy atom. The number of nitrogens with zero attached hydrogens (tertiary/aromatic N) is 1. The van der Waals surface area contributed by atoms with Crippen LogP contribution in [0.5, 0.6) is 0 Å². The fraction of sp³-hybridized carbons (Fsp3) is 0.682.